The van der Waals surface area contributed by atoms with Crippen LogP contribution in [0.3, 0.4) is 0 Å². The molecule has 0 spiro atoms. The van der Waals surface area contributed by atoms with E-state index in [1.54, 1.807) is 11.4 Å². The van der Waals surface area contributed by atoms with Crippen molar-refractivity contribution in [1.29, 1.82) is 0 Å². The van der Waals surface area contributed by atoms with Crippen LogP contribution in [0.5, 0.6) is 0 Å². The molecule has 0 fully saturated rings. The molecule has 0 saturated heterocycles. The van der Waals surface area contributed by atoms with E-state index >= 15 is 0 Å². The molecule has 0 radical (unpaired) electrons. The van der Waals surface area contributed by atoms with E-state index < -0.39 is 10.0 Å². The van der Waals surface area contributed by atoms with Gasteiger partial charge >= 0.3 is 0 Å². The quantitative estimate of drug-likeness (QED) is 0.612. The fourth-order valence-corrected chi connectivity index (χ4v) is 3.40. The summed E-state index contributed by atoms with van der Waals surface area (Å²) in [5, 5.41) is 3.22. The molecule has 0 unspecified atom stereocenters. The van der Waals surface area contributed by atoms with Gasteiger partial charge in [0.25, 0.3) is 0 Å². The number of nitrogens with one attached hydrogen (secondary N) is 1. The molecule has 0 aromatic carbocycles. The van der Waals surface area contributed by atoms with Crippen LogP contribution in [0.1, 0.15) is 46.5 Å². The molecule has 4 nitrogen and oxygen atoms in total. The molecule has 5 heteroatoms. The van der Waals surface area contributed by atoms with Gasteiger partial charge in [-0.1, -0.05) is 20.8 Å². The SMILES string of the molecule is CCCNCCCS(=O)(=O)N(C)C(CC)CC. The van der Waals surface area contributed by atoms with Crippen molar-refractivity contribution in [3.05, 3.63) is 0 Å². The van der Waals surface area contributed by atoms with E-state index in [4.69, 9.17) is 0 Å². The predicted molar refractivity (Wildman–Crippen MR) is 73.7 cm³/mol. The van der Waals surface area contributed by atoms with Crippen LogP contribution in [-0.4, -0.2) is 44.7 Å². The van der Waals surface area contributed by atoms with E-state index in [0.717, 1.165) is 32.4 Å². The maximum absolute atomic E-state index is 12.0. The Labute approximate surface area is 107 Å². The minimum atomic E-state index is -3.08. The van der Waals surface area contributed by atoms with Crippen molar-refractivity contribution >= 4 is 10.0 Å². The van der Waals surface area contributed by atoms with Gasteiger partial charge in [-0.2, -0.15) is 0 Å². The molecule has 0 aliphatic heterocycles. The topological polar surface area (TPSA) is 49.4 Å². The molecule has 0 atom stereocenters. The monoisotopic (exact) mass is 264 g/mol. The van der Waals surface area contributed by atoms with E-state index in [1.165, 1.54) is 0 Å². The number of nitrogens with zero attached hydrogens (tertiary/aromatic N) is 1. The zero-order valence-electron chi connectivity index (χ0n) is 11.7. The Morgan fingerprint density at radius 2 is 1.71 bits per heavy atom. The first-order valence-corrected chi connectivity index (χ1v) is 8.26. The van der Waals surface area contributed by atoms with E-state index in [2.05, 4.69) is 12.2 Å². The number of rotatable bonds is 10. The lowest BCUT2D eigenvalue weighted by Gasteiger charge is -2.25. The standard InChI is InChI=1S/C12H28N2O2S/c1-5-9-13-10-8-11-17(15,16)14(4)12(6-2)7-3/h12-13H,5-11H2,1-4H3. The second-order valence-electron chi connectivity index (χ2n) is 4.41. The predicted octanol–water partition coefficient (Wildman–Crippen LogP) is 1.83. The zero-order chi connectivity index (χ0) is 13.3. The highest BCUT2D eigenvalue weighted by atomic mass is 32.2. The Morgan fingerprint density at radius 1 is 1.12 bits per heavy atom. The van der Waals surface area contributed by atoms with Gasteiger partial charge in [-0.3, -0.25) is 0 Å². The largest absolute Gasteiger partial charge is 0.317 e. The normalized spacial score (nSPS) is 12.6. The number of hydrogen-bond acceptors (Lipinski definition) is 3. The van der Waals surface area contributed by atoms with Crippen molar-refractivity contribution in [3.8, 4) is 0 Å². The molecule has 104 valence electrons. The second kappa shape index (κ2) is 8.89. The molecule has 0 rings (SSSR count). The molecule has 0 amide bonds. The van der Waals surface area contributed by atoms with Gasteiger partial charge < -0.3 is 5.32 Å². The van der Waals surface area contributed by atoms with Gasteiger partial charge in [-0.15, -0.1) is 0 Å². The third kappa shape index (κ3) is 6.38. The molecule has 0 aliphatic rings. The van der Waals surface area contributed by atoms with Crippen molar-refractivity contribution in [2.75, 3.05) is 25.9 Å². The molecule has 0 saturated carbocycles. The third-order valence-corrected chi connectivity index (χ3v) is 5.06. The molecule has 0 aromatic heterocycles. The summed E-state index contributed by atoms with van der Waals surface area (Å²) in [7, 11) is -1.38. The first kappa shape index (κ1) is 16.9. The lowest BCUT2D eigenvalue weighted by atomic mass is 10.2. The minimum absolute atomic E-state index is 0.142. The summed E-state index contributed by atoms with van der Waals surface area (Å²) in [5.74, 6) is 0.247. The minimum Gasteiger partial charge on any atom is -0.317 e. The molecule has 1 N–H and O–H groups in total. The highest BCUT2D eigenvalue weighted by Gasteiger charge is 2.23. The summed E-state index contributed by atoms with van der Waals surface area (Å²) < 4.78 is 25.6. The van der Waals surface area contributed by atoms with E-state index in [1.807, 2.05) is 13.8 Å². The molecule has 0 aromatic rings. The summed E-state index contributed by atoms with van der Waals surface area (Å²) >= 11 is 0. The Kier molecular flexibility index (Phi) is 8.82. The van der Waals surface area contributed by atoms with Crippen molar-refractivity contribution in [2.45, 2.75) is 52.5 Å². The van der Waals surface area contributed by atoms with Crippen LogP contribution in [0.25, 0.3) is 0 Å². The number of hydrogen-bond donors (Lipinski definition) is 1. The molecule has 0 heterocycles. The fraction of sp³-hybridized carbons (Fsp3) is 1.00. The molecule has 0 aliphatic carbocycles. The third-order valence-electron chi connectivity index (χ3n) is 3.08. The lowest BCUT2D eigenvalue weighted by Crippen LogP contribution is -2.38. The highest BCUT2D eigenvalue weighted by molar-refractivity contribution is 7.89. The fourth-order valence-electron chi connectivity index (χ4n) is 1.86. The smallest absolute Gasteiger partial charge is 0.214 e. The van der Waals surface area contributed by atoms with Crippen LogP contribution >= 0.6 is 0 Å². The molecule has 17 heavy (non-hydrogen) atoms. The van der Waals surface area contributed by atoms with Crippen LogP contribution in [0.2, 0.25) is 0 Å². The van der Waals surface area contributed by atoms with Gasteiger partial charge in [0.1, 0.15) is 0 Å². The maximum atomic E-state index is 12.0. The lowest BCUT2D eigenvalue weighted by molar-refractivity contribution is 0.349. The van der Waals surface area contributed by atoms with Crippen molar-refractivity contribution in [3.63, 3.8) is 0 Å². The number of sulfonamides is 1. The molecule has 0 bridgehead atoms. The van der Waals surface area contributed by atoms with Gasteiger partial charge in [0, 0.05) is 13.1 Å². The highest BCUT2D eigenvalue weighted by Crippen LogP contribution is 2.12. The summed E-state index contributed by atoms with van der Waals surface area (Å²) in [6, 6.07) is 0.142. The van der Waals surface area contributed by atoms with Crippen molar-refractivity contribution < 1.29 is 8.42 Å². The van der Waals surface area contributed by atoms with Gasteiger partial charge in [0.2, 0.25) is 10.0 Å². The van der Waals surface area contributed by atoms with Gasteiger partial charge in [-0.05, 0) is 38.8 Å². The van der Waals surface area contributed by atoms with Crippen LogP contribution in [0.15, 0.2) is 0 Å². The maximum Gasteiger partial charge on any atom is 0.214 e. The Balaban J connectivity index is 4.09. The van der Waals surface area contributed by atoms with Gasteiger partial charge in [-0.25, -0.2) is 12.7 Å². The van der Waals surface area contributed by atoms with Gasteiger partial charge in [0.15, 0.2) is 0 Å². The summed E-state index contributed by atoms with van der Waals surface area (Å²) in [6.45, 7) is 7.91. The van der Waals surface area contributed by atoms with Crippen molar-refractivity contribution in [2.24, 2.45) is 0 Å². The molecular weight excluding hydrogens is 236 g/mol. The Hall–Kier alpha value is -0.130. The molecular formula is C12H28N2O2S. The van der Waals surface area contributed by atoms with E-state index in [9.17, 15) is 8.42 Å². The average molecular weight is 264 g/mol. The zero-order valence-corrected chi connectivity index (χ0v) is 12.5. The summed E-state index contributed by atoms with van der Waals surface area (Å²) in [4.78, 5) is 0. The first-order chi connectivity index (χ1) is 7.99. The summed E-state index contributed by atoms with van der Waals surface area (Å²) in [6.07, 6.45) is 3.52. The van der Waals surface area contributed by atoms with Crippen LogP contribution in [0, 0.1) is 0 Å². The van der Waals surface area contributed by atoms with Gasteiger partial charge in [0.05, 0.1) is 5.75 Å². The second-order valence-corrected chi connectivity index (χ2v) is 6.55. The van der Waals surface area contributed by atoms with E-state index in [0.29, 0.717) is 6.42 Å². The van der Waals surface area contributed by atoms with Crippen LogP contribution < -0.4 is 5.32 Å². The van der Waals surface area contributed by atoms with Crippen LogP contribution in [-0.2, 0) is 10.0 Å². The Bertz CT molecular complexity index is 274. The average Bonchev–Trinajstić information content (AvgIpc) is 2.30. The van der Waals surface area contributed by atoms with E-state index in [-0.39, 0.29) is 11.8 Å². The summed E-state index contributed by atoms with van der Waals surface area (Å²) in [5.41, 5.74) is 0. The van der Waals surface area contributed by atoms with Crippen molar-refractivity contribution in [1.82, 2.24) is 9.62 Å². The Morgan fingerprint density at radius 3 is 2.18 bits per heavy atom. The van der Waals surface area contributed by atoms with Crippen LogP contribution in [0.4, 0.5) is 0 Å². The first-order valence-electron chi connectivity index (χ1n) is 6.65.